The molecule has 7 heteroatoms. The van der Waals surface area contributed by atoms with Crippen LogP contribution in [0.25, 0.3) is 0 Å². The Kier molecular flexibility index (Phi) is 5.34. The molecule has 0 saturated carbocycles. The van der Waals surface area contributed by atoms with E-state index in [1.54, 1.807) is 33.0 Å². The van der Waals surface area contributed by atoms with Gasteiger partial charge in [0.25, 0.3) is 0 Å². The van der Waals surface area contributed by atoms with Gasteiger partial charge in [-0.1, -0.05) is 15.9 Å². The first kappa shape index (κ1) is 17.1. The van der Waals surface area contributed by atoms with Crippen LogP contribution >= 0.6 is 15.9 Å². The van der Waals surface area contributed by atoms with Gasteiger partial charge in [0.1, 0.15) is 5.54 Å². The minimum atomic E-state index is -3.41. The lowest BCUT2D eigenvalue weighted by molar-refractivity contribution is -0.148. The number of hydrogen-bond donors (Lipinski definition) is 1. The van der Waals surface area contributed by atoms with Crippen molar-refractivity contribution in [3.63, 3.8) is 0 Å². The van der Waals surface area contributed by atoms with Gasteiger partial charge in [-0.2, -0.15) is 0 Å². The lowest BCUT2D eigenvalue weighted by Crippen LogP contribution is -2.49. The summed E-state index contributed by atoms with van der Waals surface area (Å²) in [6.07, 6.45) is 0. The van der Waals surface area contributed by atoms with Gasteiger partial charge in [0.15, 0.2) is 9.84 Å². The van der Waals surface area contributed by atoms with Gasteiger partial charge < -0.3 is 5.11 Å². The van der Waals surface area contributed by atoms with Crippen LogP contribution < -0.4 is 0 Å². The Labute approximate surface area is 127 Å². The van der Waals surface area contributed by atoms with Crippen LogP contribution in [0, 0.1) is 0 Å². The SMILES string of the molecule is CN(CCS(=O)(=O)c1ccc(Br)cc1)C(C)(C)C(=O)O. The predicted molar refractivity (Wildman–Crippen MR) is 80.5 cm³/mol. The minimum Gasteiger partial charge on any atom is -0.480 e. The van der Waals surface area contributed by atoms with Gasteiger partial charge in [-0.05, 0) is 45.2 Å². The number of nitrogens with zero attached hydrogens (tertiary/aromatic N) is 1. The van der Waals surface area contributed by atoms with Crippen LogP contribution in [-0.4, -0.2) is 49.3 Å². The van der Waals surface area contributed by atoms with E-state index in [1.807, 2.05) is 0 Å². The molecule has 1 aromatic carbocycles. The molecule has 5 nitrogen and oxygen atoms in total. The summed E-state index contributed by atoms with van der Waals surface area (Å²) in [6.45, 7) is 3.24. The van der Waals surface area contributed by atoms with Crippen LogP contribution in [-0.2, 0) is 14.6 Å². The topological polar surface area (TPSA) is 74.7 Å². The Morgan fingerprint density at radius 2 is 1.80 bits per heavy atom. The third-order valence-electron chi connectivity index (χ3n) is 3.35. The Hall–Kier alpha value is -0.920. The molecule has 1 rings (SSSR count). The molecule has 0 unspecified atom stereocenters. The van der Waals surface area contributed by atoms with E-state index in [9.17, 15) is 13.2 Å². The van der Waals surface area contributed by atoms with Crippen LogP contribution in [0.2, 0.25) is 0 Å². The second-order valence-corrected chi connectivity index (χ2v) is 8.08. The van der Waals surface area contributed by atoms with Crippen molar-refractivity contribution in [2.24, 2.45) is 0 Å². The molecule has 0 amide bonds. The summed E-state index contributed by atoms with van der Waals surface area (Å²) in [5, 5.41) is 9.09. The van der Waals surface area contributed by atoms with Crippen LogP contribution in [0.15, 0.2) is 33.6 Å². The van der Waals surface area contributed by atoms with Gasteiger partial charge in [-0.25, -0.2) is 8.42 Å². The molecule has 0 bridgehead atoms. The average molecular weight is 364 g/mol. The normalized spacial score (nSPS) is 12.7. The van der Waals surface area contributed by atoms with E-state index >= 15 is 0 Å². The highest BCUT2D eigenvalue weighted by molar-refractivity contribution is 9.10. The summed E-state index contributed by atoms with van der Waals surface area (Å²) in [6, 6.07) is 6.39. The van der Waals surface area contributed by atoms with Crippen molar-refractivity contribution in [3.8, 4) is 0 Å². The van der Waals surface area contributed by atoms with Gasteiger partial charge in [-0.3, -0.25) is 9.69 Å². The number of halogens is 1. The van der Waals surface area contributed by atoms with Crippen molar-refractivity contribution in [1.29, 1.82) is 0 Å². The van der Waals surface area contributed by atoms with Gasteiger partial charge in [0, 0.05) is 11.0 Å². The van der Waals surface area contributed by atoms with Crippen LogP contribution in [0.3, 0.4) is 0 Å². The number of benzene rings is 1. The van der Waals surface area contributed by atoms with E-state index in [4.69, 9.17) is 5.11 Å². The summed E-state index contributed by atoms with van der Waals surface area (Å²) in [5.41, 5.74) is -1.10. The van der Waals surface area contributed by atoms with E-state index in [0.717, 1.165) is 4.47 Å². The number of aliphatic carboxylic acids is 1. The number of sulfone groups is 1. The molecule has 0 spiro atoms. The Morgan fingerprint density at radius 3 is 2.25 bits per heavy atom. The molecule has 0 aliphatic carbocycles. The molecule has 20 heavy (non-hydrogen) atoms. The third kappa shape index (κ3) is 4.04. The fourth-order valence-corrected chi connectivity index (χ4v) is 3.02. The number of likely N-dealkylation sites (N-methyl/N-ethyl adjacent to an activating group) is 1. The second kappa shape index (κ2) is 6.24. The van der Waals surface area contributed by atoms with E-state index < -0.39 is 21.3 Å². The number of rotatable bonds is 6. The van der Waals surface area contributed by atoms with E-state index in [1.165, 1.54) is 17.0 Å². The molecule has 0 saturated heterocycles. The fraction of sp³-hybridized carbons (Fsp3) is 0.462. The van der Waals surface area contributed by atoms with Crippen LogP contribution in [0.1, 0.15) is 13.8 Å². The highest BCUT2D eigenvalue weighted by atomic mass is 79.9. The zero-order valence-electron chi connectivity index (χ0n) is 11.6. The third-order valence-corrected chi connectivity index (χ3v) is 5.58. The standard InChI is InChI=1S/C13H18BrNO4S/c1-13(2,12(16)17)15(3)8-9-20(18,19)11-6-4-10(14)5-7-11/h4-7H,8-9H2,1-3H3,(H,16,17). The number of carboxylic acids is 1. The molecule has 0 heterocycles. The first-order chi connectivity index (χ1) is 9.07. The number of carbonyl (C=O) groups is 1. The molecule has 0 fully saturated rings. The molecule has 0 radical (unpaired) electrons. The van der Waals surface area contributed by atoms with E-state index in [-0.39, 0.29) is 17.2 Å². The Morgan fingerprint density at radius 1 is 1.30 bits per heavy atom. The van der Waals surface area contributed by atoms with Crippen molar-refractivity contribution >= 4 is 31.7 Å². The van der Waals surface area contributed by atoms with Crippen molar-refractivity contribution < 1.29 is 18.3 Å². The highest BCUT2D eigenvalue weighted by Crippen LogP contribution is 2.17. The average Bonchev–Trinajstić information content (AvgIpc) is 2.36. The first-order valence-corrected chi connectivity index (χ1v) is 8.45. The number of carboxylic acid groups (broad SMARTS) is 1. The molecule has 112 valence electrons. The summed E-state index contributed by atoms with van der Waals surface area (Å²) in [4.78, 5) is 12.9. The highest BCUT2D eigenvalue weighted by Gasteiger charge is 2.32. The van der Waals surface area contributed by atoms with Crippen LogP contribution in [0.5, 0.6) is 0 Å². The second-order valence-electron chi connectivity index (χ2n) is 5.06. The monoisotopic (exact) mass is 363 g/mol. The first-order valence-electron chi connectivity index (χ1n) is 6.00. The molecular formula is C13H18BrNO4S. The molecule has 0 atom stereocenters. The fourth-order valence-electron chi connectivity index (χ4n) is 1.46. The summed E-state index contributed by atoms with van der Waals surface area (Å²) >= 11 is 3.25. The van der Waals surface area contributed by atoms with Gasteiger partial charge >= 0.3 is 5.97 Å². The molecule has 1 N–H and O–H groups in total. The van der Waals surface area contributed by atoms with Crippen molar-refractivity contribution in [3.05, 3.63) is 28.7 Å². The van der Waals surface area contributed by atoms with Crippen molar-refractivity contribution in [2.45, 2.75) is 24.3 Å². The largest absolute Gasteiger partial charge is 0.480 e. The molecule has 0 aliphatic heterocycles. The van der Waals surface area contributed by atoms with E-state index in [2.05, 4.69) is 15.9 Å². The predicted octanol–water partition coefficient (Wildman–Crippen LogP) is 2.02. The van der Waals surface area contributed by atoms with Crippen molar-refractivity contribution in [1.82, 2.24) is 4.90 Å². The lowest BCUT2D eigenvalue weighted by Gasteiger charge is -2.31. The smallest absolute Gasteiger partial charge is 0.323 e. The molecular weight excluding hydrogens is 346 g/mol. The van der Waals surface area contributed by atoms with Gasteiger partial charge in [0.2, 0.25) is 0 Å². The summed E-state index contributed by atoms with van der Waals surface area (Å²) < 4.78 is 25.1. The van der Waals surface area contributed by atoms with Crippen LogP contribution in [0.4, 0.5) is 0 Å². The van der Waals surface area contributed by atoms with Crippen molar-refractivity contribution in [2.75, 3.05) is 19.3 Å². The zero-order chi connectivity index (χ0) is 15.6. The Balaban J connectivity index is 2.79. The quantitative estimate of drug-likeness (QED) is 0.836. The van der Waals surface area contributed by atoms with Gasteiger partial charge in [-0.15, -0.1) is 0 Å². The summed E-state index contributed by atoms with van der Waals surface area (Å²) in [5.74, 6) is -1.11. The molecule has 0 aliphatic rings. The maximum absolute atomic E-state index is 12.2. The molecule has 0 aromatic heterocycles. The minimum absolute atomic E-state index is 0.123. The maximum Gasteiger partial charge on any atom is 0.323 e. The number of hydrogen-bond acceptors (Lipinski definition) is 4. The lowest BCUT2D eigenvalue weighted by atomic mass is 10.0. The maximum atomic E-state index is 12.2. The Bertz CT molecular complexity index is 581. The van der Waals surface area contributed by atoms with E-state index in [0.29, 0.717) is 0 Å². The molecule has 1 aromatic rings. The van der Waals surface area contributed by atoms with Gasteiger partial charge in [0.05, 0.1) is 10.6 Å². The summed E-state index contributed by atoms with van der Waals surface area (Å²) in [7, 11) is -1.81. The zero-order valence-corrected chi connectivity index (χ0v) is 14.0.